The van der Waals surface area contributed by atoms with E-state index in [1.165, 1.54) is 0 Å². The highest BCUT2D eigenvalue weighted by atomic mass is 35.5. The summed E-state index contributed by atoms with van der Waals surface area (Å²) >= 11 is 6.30. The summed E-state index contributed by atoms with van der Waals surface area (Å²) < 4.78 is 11.0. The summed E-state index contributed by atoms with van der Waals surface area (Å²) in [5, 5.41) is 6.84. The van der Waals surface area contributed by atoms with Crippen molar-refractivity contribution in [3.05, 3.63) is 76.4 Å². The Morgan fingerprint density at radius 2 is 1.89 bits per heavy atom. The Balaban J connectivity index is 1.39. The van der Waals surface area contributed by atoms with E-state index in [1.807, 2.05) is 48.5 Å². The topological polar surface area (TPSA) is 88.6 Å². The number of aromatic nitrogens is 2. The lowest BCUT2D eigenvalue weighted by Crippen LogP contribution is -2.46. The molecule has 2 aliphatic rings. The Hall–Kier alpha value is -3.36. The molecule has 0 spiro atoms. The van der Waals surface area contributed by atoms with Crippen LogP contribution in [0.2, 0.25) is 5.02 Å². The Kier molecular flexibility index (Phi) is 7.01. The molecule has 5 rings (SSSR count). The van der Waals surface area contributed by atoms with E-state index < -0.39 is 0 Å². The van der Waals surface area contributed by atoms with Gasteiger partial charge in [0.15, 0.2) is 0 Å². The minimum atomic E-state index is -0.236. The van der Waals surface area contributed by atoms with E-state index in [9.17, 15) is 4.79 Å². The minimum absolute atomic E-state index is 0.236. The molecule has 3 heterocycles. The van der Waals surface area contributed by atoms with E-state index in [4.69, 9.17) is 26.1 Å². The van der Waals surface area contributed by atoms with Crippen LogP contribution in [0.5, 0.6) is 5.75 Å². The highest BCUT2D eigenvalue weighted by Crippen LogP contribution is 2.33. The van der Waals surface area contributed by atoms with Gasteiger partial charge < -0.3 is 25.0 Å². The number of anilines is 2. The average molecular weight is 494 g/mol. The van der Waals surface area contributed by atoms with Crippen molar-refractivity contribution in [2.75, 3.05) is 30.5 Å². The Morgan fingerprint density at radius 3 is 2.60 bits per heavy atom. The van der Waals surface area contributed by atoms with Crippen LogP contribution >= 0.6 is 11.6 Å². The smallest absolute Gasteiger partial charge is 0.256 e. The van der Waals surface area contributed by atoms with Crippen LogP contribution in [-0.4, -0.2) is 48.3 Å². The summed E-state index contributed by atoms with van der Waals surface area (Å²) in [6.07, 6.45) is 3.72. The van der Waals surface area contributed by atoms with E-state index in [-0.39, 0.29) is 18.0 Å². The molecule has 0 saturated carbocycles. The maximum Gasteiger partial charge on any atom is 0.256 e. The van der Waals surface area contributed by atoms with Gasteiger partial charge in [-0.25, -0.2) is 4.98 Å². The highest BCUT2D eigenvalue weighted by Gasteiger charge is 2.39. The molecule has 2 aromatic carbocycles. The Labute approximate surface area is 209 Å². The van der Waals surface area contributed by atoms with Crippen LogP contribution in [0.4, 0.5) is 11.8 Å². The standard InChI is InChI=1S/C26H28ClN5O3/c1-34-23-10-7-18(11-22(23)27)13-28-24-21(25(33)29-12-17-5-3-2-4-6-17)14-30-26(31-24)32-19-8-9-20(32)16-35-15-19/h2-7,10-11,14,19-20H,8-9,12-13,15-16H2,1H3,(H,29,33)(H,28,30,31). The van der Waals surface area contributed by atoms with Crippen molar-refractivity contribution >= 4 is 29.3 Å². The molecule has 2 fully saturated rings. The van der Waals surface area contributed by atoms with Crippen LogP contribution in [0.25, 0.3) is 0 Å². The Bertz CT molecular complexity index is 1180. The first kappa shape index (κ1) is 23.4. The third-order valence-electron chi connectivity index (χ3n) is 6.46. The molecular weight excluding hydrogens is 466 g/mol. The first-order valence-corrected chi connectivity index (χ1v) is 12.1. The molecule has 1 aromatic heterocycles. The number of benzene rings is 2. The predicted octanol–water partition coefficient (Wildman–Crippen LogP) is 4.05. The number of nitrogens with zero attached hydrogens (tertiary/aromatic N) is 3. The van der Waals surface area contributed by atoms with E-state index in [1.54, 1.807) is 13.3 Å². The summed E-state index contributed by atoms with van der Waals surface area (Å²) in [7, 11) is 1.58. The predicted molar refractivity (Wildman–Crippen MR) is 135 cm³/mol. The zero-order valence-corrected chi connectivity index (χ0v) is 20.3. The van der Waals surface area contributed by atoms with Crippen molar-refractivity contribution < 1.29 is 14.3 Å². The Morgan fingerprint density at radius 1 is 1.11 bits per heavy atom. The molecule has 2 N–H and O–H groups in total. The number of carbonyl (C=O) groups is 1. The number of rotatable bonds is 8. The molecule has 8 nitrogen and oxygen atoms in total. The van der Waals surface area contributed by atoms with Gasteiger partial charge in [0.1, 0.15) is 17.1 Å². The molecule has 3 aromatic rings. The summed E-state index contributed by atoms with van der Waals surface area (Å²) in [6, 6.07) is 15.9. The molecule has 1 amide bonds. The summed E-state index contributed by atoms with van der Waals surface area (Å²) in [5.74, 6) is 1.48. The zero-order valence-electron chi connectivity index (χ0n) is 19.5. The number of hydrogen-bond donors (Lipinski definition) is 2. The molecule has 0 radical (unpaired) electrons. The average Bonchev–Trinajstić information content (AvgIpc) is 3.14. The third kappa shape index (κ3) is 5.18. The van der Waals surface area contributed by atoms with Gasteiger partial charge in [0.05, 0.1) is 37.4 Å². The summed E-state index contributed by atoms with van der Waals surface area (Å²) in [4.78, 5) is 24.8. The lowest BCUT2D eigenvalue weighted by Gasteiger charge is -2.34. The largest absolute Gasteiger partial charge is 0.495 e. The number of carbonyl (C=O) groups excluding carboxylic acids is 1. The third-order valence-corrected chi connectivity index (χ3v) is 6.76. The van der Waals surface area contributed by atoms with Crippen molar-refractivity contribution in [2.45, 2.75) is 38.0 Å². The first-order chi connectivity index (χ1) is 17.1. The van der Waals surface area contributed by atoms with E-state index in [2.05, 4.69) is 20.5 Å². The summed E-state index contributed by atoms with van der Waals surface area (Å²) in [6.45, 7) is 2.20. The van der Waals surface area contributed by atoms with Gasteiger partial charge in [0, 0.05) is 19.3 Å². The van der Waals surface area contributed by atoms with Crippen molar-refractivity contribution in [3.63, 3.8) is 0 Å². The molecule has 9 heteroatoms. The van der Waals surface area contributed by atoms with Crippen molar-refractivity contribution in [3.8, 4) is 5.75 Å². The lowest BCUT2D eigenvalue weighted by atomic mass is 10.2. The van der Waals surface area contributed by atoms with Crippen molar-refractivity contribution in [2.24, 2.45) is 0 Å². The van der Waals surface area contributed by atoms with Gasteiger partial charge in [-0.15, -0.1) is 0 Å². The summed E-state index contributed by atoms with van der Waals surface area (Å²) in [5.41, 5.74) is 2.36. The van der Waals surface area contributed by atoms with Crippen molar-refractivity contribution in [1.29, 1.82) is 0 Å². The molecular formula is C26H28ClN5O3. The van der Waals surface area contributed by atoms with Gasteiger partial charge in [0.25, 0.3) is 5.91 Å². The number of amides is 1. The molecule has 2 aliphatic heterocycles. The molecule has 2 saturated heterocycles. The number of morpholine rings is 1. The number of halogens is 1. The van der Waals surface area contributed by atoms with Gasteiger partial charge in [-0.05, 0) is 36.1 Å². The van der Waals surface area contributed by atoms with Gasteiger partial charge in [-0.3, -0.25) is 4.79 Å². The monoisotopic (exact) mass is 493 g/mol. The van der Waals surface area contributed by atoms with Crippen molar-refractivity contribution in [1.82, 2.24) is 15.3 Å². The minimum Gasteiger partial charge on any atom is -0.495 e. The van der Waals surface area contributed by atoms with Crippen LogP contribution in [0.15, 0.2) is 54.7 Å². The maximum absolute atomic E-state index is 13.1. The fraction of sp³-hybridized carbons (Fsp3) is 0.346. The second-order valence-electron chi connectivity index (χ2n) is 8.75. The molecule has 0 aliphatic carbocycles. The normalized spacial score (nSPS) is 18.9. The zero-order chi connectivity index (χ0) is 24.2. The number of methoxy groups -OCH3 is 1. The van der Waals surface area contributed by atoms with Crippen LogP contribution in [-0.2, 0) is 17.8 Å². The molecule has 2 unspecified atom stereocenters. The van der Waals surface area contributed by atoms with Gasteiger partial charge in [-0.2, -0.15) is 4.98 Å². The lowest BCUT2D eigenvalue weighted by molar-refractivity contribution is 0.0896. The van der Waals surface area contributed by atoms with Gasteiger partial charge in [0.2, 0.25) is 5.95 Å². The van der Waals surface area contributed by atoms with Crippen LogP contribution in [0.1, 0.15) is 34.3 Å². The molecule has 182 valence electrons. The number of nitrogens with one attached hydrogen (secondary N) is 2. The second kappa shape index (κ2) is 10.5. The van der Waals surface area contributed by atoms with E-state index in [0.717, 1.165) is 24.0 Å². The SMILES string of the molecule is COc1ccc(CNc2nc(N3C4CCC3COC4)ncc2C(=O)NCc2ccccc2)cc1Cl. The number of ether oxygens (including phenoxy) is 2. The molecule has 2 atom stereocenters. The quantitative estimate of drug-likeness (QED) is 0.489. The fourth-order valence-electron chi connectivity index (χ4n) is 4.63. The maximum atomic E-state index is 13.1. The highest BCUT2D eigenvalue weighted by molar-refractivity contribution is 6.32. The van der Waals surface area contributed by atoms with Gasteiger partial charge >= 0.3 is 0 Å². The van der Waals surface area contributed by atoms with E-state index >= 15 is 0 Å². The van der Waals surface area contributed by atoms with E-state index in [0.29, 0.717) is 54.4 Å². The molecule has 35 heavy (non-hydrogen) atoms. The number of hydrogen-bond acceptors (Lipinski definition) is 7. The number of fused-ring (bicyclic) bond motifs is 2. The van der Waals surface area contributed by atoms with Crippen LogP contribution in [0.3, 0.4) is 0 Å². The van der Waals surface area contributed by atoms with Crippen LogP contribution in [0, 0.1) is 0 Å². The molecule has 2 bridgehead atoms. The second-order valence-corrected chi connectivity index (χ2v) is 9.16. The van der Waals surface area contributed by atoms with Gasteiger partial charge in [-0.1, -0.05) is 48.0 Å². The van der Waals surface area contributed by atoms with Crippen LogP contribution < -0.4 is 20.3 Å². The first-order valence-electron chi connectivity index (χ1n) is 11.7. The fourth-order valence-corrected chi connectivity index (χ4v) is 4.91.